The lowest BCUT2D eigenvalue weighted by Crippen LogP contribution is -2.30. The molecule has 1 aromatic rings. The van der Waals surface area contributed by atoms with Gasteiger partial charge in [-0.05, 0) is 47.8 Å². The minimum atomic E-state index is -0.331. The van der Waals surface area contributed by atoms with E-state index in [1.165, 1.54) is 18.3 Å². The largest absolute Gasteiger partial charge is 0.272 e. The van der Waals surface area contributed by atoms with Crippen molar-refractivity contribution in [2.45, 2.75) is 12.8 Å². The van der Waals surface area contributed by atoms with Gasteiger partial charge in [0, 0.05) is 0 Å². The van der Waals surface area contributed by atoms with Gasteiger partial charge in [-0.1, -0.05) is 24.3 Å². The quantitative estimate of drug-likeness (QED) is 0.478. The highest BCUT2D eigenvalue weighted by molar-refractivity contribution is 6.07. The molecule has 0 aromatic heterocycles. The van der Waals surface area contributed by atoms with Crippen LogP contribution in [0.2, 0.25) is 0 Å². The maximum Gasteiger partial charge on any atom is 0.254 e. The van der Waals surface area contributed by atoms with Gasteiger partial charge >= 0.3 is 0 Å². The minimum absolute atomic E-state index is 0.179. The van der Waals surface area contributed by atoms with Crippen molar-refractivity contribution in [1.82, 2.24) is 5.01 Å². The molecule has 1 heterocycles. The molecule has 4 nitrogen and oxygen atoms in total. The Kier molecular flexibility index (Phi) is 2.38. The molecule has 2 amide bonds. The summed E-state index contributed by atoms with van der Waals surface area (Å²) in [5.74, 6) is -0.735. The molecule has 1 aliphatic heterocycles. The van der Waals surface area contributed by atoms with Gasteiger partial charge in [-0.2, -0.15) is 10.1 Å². The number of hydrogen-bond donors (Lipinski definition) is 0. The van der Waals surface area contributed by atoms with Crippen molar-refractivity contribution < 1.29 is 14.0 Å². The molecule has 2 saturated carbocycles. The van der Waals surface area contributed by atoms with Crippen LogP contribution in [0.1, 0.15) is 18.4 Å². The number of hydrazone groups is 1. The van der Waals surface area contributed by atoms with Crippen LogP contribution >= 0.6 is 0 Å². The number of carbonyl (C=O) groups excluding carboxylic acids is 2. The van der Waals surface area contributed by atoms with Gasteiger partial charge in [0.2, 0.25) is 0 Å². The van der Waals surface area contributed by atoms with Gasteiger partial charge in [0.25, 0.3) is 11.8 Å². The number of benzene rings is 1. The fourth-order valence-corrected chi connectivity index (χ4v) is 4.85. The highest BCUT2D eigenvalue weighted by Crippen LogP contribution is 2.73. The Hall–Kier alpha value is -2.30. The summed E-state index contributed by atoms with van der Waals surface area (Å²) in [4.78, 5) is 25.4. The molecule has 4 unspecified atom stereocenters. The third kappa shape index (κ3) is 1.57. The zero-order valence-corrected chi connectivity index (χ0v) is 12.4. The van der Waals surface area contributed by atoms with Gasteiger partial charge in [0.15, 0.2) is 0 Å². The van der Waals surface area contributed by atoms with Crippen LogP contribution in [0.5, 0.6) is 0 Å². The van der Waals surface area contributed by atoms with Crippen molar-refractivity contribution in [1.29, 1.82) is 0 Å². The molecule has 1 spiro atoms. The molecule has 23 heavy (non-hydrogen) atoms. The molecule has 0 radical (unpaired) electrons. The van der Waals surface area contributed by atoms with Crippen LogP contribution in [0, 0.1) is 34.9 Å². The summed E-state index contributed by atoms with van der Waals surface area (Å²) in [7, 11) is 0. The lowest BCUT2D eigenvalue weighted by atomic mass is 9.85. The van der Waals surface area contributed by atoms with E-state index < -0.39 is 0 Å². The smallest absolute Gasteiger partial charge is 0.254 e. The summed E-state index contributed by atoms with van der Waals surface area (Å²) in [6.07, 6.45) is 7.97. The molecular weight excluding hydrogens is 295 g/mol. The molecule has 4 aliphatic rings. The Morgan fingerprint density at radius 2 is 1.61 bits per heavy atom. The van der Waals surface area contributed by atoms with E-state index in [4.69, 9.17) is 0 Å². The molecular formula is C18H15FN2O2. The number of carbonyl (C=O) groups is 2. The lowest BCUT2D eigenvalue weighted by Gasteiger charge is -2.18. The standard InChI is InChI=1S/C18H15FN2O2/c19-11-3-1-10(2-4-11)9-20-21-16(22)14-12-5-6-13(15(14)17(21)23)18(12)7-8-18/h1-6,9,12-15H,7-8H2. The van der Waals surface area contributed by atoms with Gasteiger partial charge in [0.1, 0.15) is 5.82 Å². The van der Waals surface area contributed by atoms with Gasteiger partial charge in [0.05, 0.1) is 18.1 Å². The summed E-state index contributed by atoms with van der Waals surface area (Å²) in [5, 5.41) is 5.12. The predicted molar refractivity (Wildman–Crippen MR) is 80.6 cm³/mol. The van der Waals surface area contributed by atoms with Crippen LogP contribution in [0.25, 0.3) is 0 Å². The molecule has 2 bridgehead atoms. The monoisotopic (exact) mass is 310 g/mol. The molecule has 1 aromatic carbocycles. The van der Waals surface area contributed by atoms with Crippen molar-refractivity contribution in [3.8, 4) is 0 Å². The highest BCUT2D eigenvalue weighted by atomic mass is 19.1. The topological polar surface area (TPSA) is 49.7 Å². The molecule has 0 N–H and O–H groups in total. The van der Waals surface area contributed by atoms with Crippen molar-refractivity contribution >= 4 is 18.0 Å². The first kappa shape index (κ1) is 13.2. The average molecular weight is 310 g/mol. The molecule has 3 fully saturated rings. The zero-order chi connectivity index (χ0) is 15.8. The summed E-state index contributed by atoms with van der Waals surface area (Å²) < 4.78 is 12.9. The maximum absolute atomic E-state index is 12.9. The first-order valence-corrected chi connectivity index (χ1v) is 7.97. The van der Waals surface area contributed by atoms with E-state index in [2.05, 4.69) is 17.3 Å². The Morgan fingerprint density at radius 3 is 2.13 bits per heavy atom. The van der Waals surface area contributed by atoms with E-state index in [9.17, 15) is 14.0 Å². The number of nitrogens with zero attached hydrogens (tertiary/aromatic N) is 2. The molecule has 116 valence electrons. The summed E-state index contributed by atoms with van der Waals surface area (Å²) >= 11 is 0. The van der Waals surface area contributed by atoms with Crippen LogP contribution < -0.4 is 0 Å². The van der Waals surface area contributed by atoms with E-state index in [0.29, 0.717) is 5.56 Å². The van der Waals surface area contributed by atoms with Crippen molar-refractivity contribution in [3.63, 3.8) is 0 Å². The second-order valence-electron chi connectivity index (χ2n) is 7.01. The molecule has 4 atom stereocenters. The normalized spacial score (nSPS) is 35.8. The minimum Gasteiger partial charge on any atom is -0.272 e. The first-order valence-electron chi connectivity index (χ1n) is 7.97. The van der Waals surface area contributed by atoms with Crippen LogP contribution in [-0.2, 0) is 9.59 Å². The Morgan fingerprint density at radius 1 is 1.04 bits per heavy atom. The maximum atomic E-state index is 12.9. The first-order chi connectivity index (χ1) is 11.1. The van der Waals surface area contributed by atoms with Crippen molar-refractivity contribution in [3.05, 3.63) is 47.8 Å². The third-order valence-electron chi connectivity index (χ3n) is 6.02. The average Bonchev–Trinajstić information content (AvgIpc) is 3.15. The Labute approximate surface area is 132 Å². The highest BCUT2D eigenvalue weighted by Gasteiger charge is 2.73. The van der Waals surface area contributed by atoms with E-state index in [1.807, 2.05) is 0 Å². The zero-order valence-electron chi connectivity index (χ0n) is 12.4. The fourth-order valence-electron chi connectivity index (χ4n) is 4.85. The van der Waals surface area contributed by atoms with Gasteiger partial charge in [-0.3, -0.25) is 9.59 Å². The van der Waals surface area contributed by atoms with E-state index >= 15 is 0 Å². The van der Waals surface area contributed by atoms with Crippen molar-refractivity contribution in [2.75, 3.05) is 0 Å². The number of hydrogen-bond acceptors (Lipinski definition) is 3. The number of imide groups is 1. The number of fused-ring (bicyclic) bond motifs is 3. The number of rotatable bonds is 2. The lowest BCUT2D eigenvalue weighted by molar-refractivity contribution is -0.141. The number of allylic oxidation sites excluding steroid dienone is 2. The summed E-state index contributed by atoms with van der Waals surface area (Å²) in [6.45, 7) is 0. The fraction of sp³-hybridized carbons (Fsp3) is 0.389. The third-order valence-corrected chi connectivity index (χ3v) is 6.02. The van der Waals surface area contributed by atoms with Gasteiger partial charge in [-0.25, -0.2) is 4.39 Å². The van der Waals surface area contributed by atoms with Crippen LogP contribution in [0.3, 0.4) is 0 Å². The summed E-state index contributed by atoms with van der Waals surface area (Å²) in [6, 6.07) is 5.78. The van der Waals surface area contributed by atoms with E-state index in [-0.39, 0.29) is 46.7 Å². The van der Waals surface area contributed by atoms with Gasteiger partial charge in [-0.15, -0.1) is 0 Å². The van der Waals surface area contributed by atoms with Crippen LogP contribution in [-0.4, -0.2) is 23.0 Å². The molecule has 1 saturated heterocycles. The Bertz CT molecular complexity index is 745. The molecule has 3 aliphatic carbocycles. The number of halogens is 1. The number of amides is 2. The van der Waals surface area contributed by atoms with Crippen LogP contribution in [0.15, 0.2) is 41.5 Å². The van der Waals surface area contributed by atoms with E-state index in [0.717, 1.165) is 17.9 Å². The Balaban J connectivity index is 1.43. The second kappa shape index (κ2) is 4.16. The second-order valence-corrected chi connectivity index (χ2v) is 7.01. The predicted octanol–water partition coefficient (Wildman–Crippen LogP) is 2.36. The van der Waals surface area contributed by atoms with E-state index in [1.54, 1.807) is 12.1 Å². The summed E-state index contributed by atoms with van der Waals surface area (Å²) in [5.41, 5.74) is 0.858. The van der Waals surface area contributed by atoms with Crippen molar-refractivity contribution in [2.24, 2.45) is 34.2 Å². The van der Waals surface area contributed by atoms with Gasteiger partial charge < -0.3 is 0 Å². The van der Waals surface area contributed by atoms with Crippen LogP contribution in [0.4, 0.5) is 4.39 Å². The molecule has 5 rings (SSSR count). The molecule has 5 heteroatoms. The SMILES string of the molecule is O=C1C2C(C(=O)N1N=Cc1ccc(F)cc1)C1C=CC2C12CC2.